The lowest BCUT2D eigenvalue weighted by molar-refractivity contribution is -0.139. The van der Waals surface area contributed by atoms with Crippen molar-refractivity contribution in [2.75, 3.05) is 13.2 Å². The molecule has 19 heavy (non-hydrogen) atoms. The second-order valence-electron chi connectivity index (χ2n) is 5.33. The first-order chi connectivity index (χ1) is 8.96. The topological polar surface area (TPSA) is 47.9 Å². The molecule has 0 amide bonds. The van der Waals surface area contributed by atoms with Crippen LogP contribution >= 0.6 is 0 Å². The second kappa shape index (κ2) is 5.90. The maximum atomic E-state index is 9.41. The van der Waals surface area contributed by atoms with Crippen molar-refractivity contribution in [1.82, 2.24) is 0 Å². The number of aliphatic hydroxyl groups excluding tert-OH is 1. The van der Waals surface area contributed by atoms with Crippen molar-refractivity contribution in [3.05, 3.63) is 29.8 Å². The quantitative estimate of drug-likeness (QED) is 0.890. The Balaban J connectivity index is 1.74. The smallest absolute Gasteiger partial charge is 0.163 e. The maximum absolute atomic E-state index is 9.41. The third-order valence-corrected chi connectivity index (χ3v) is 3.14. The molecule has 1 saturated heterocycles. The van der Waals surface area contributed by atoms with Crippen LogP contribution in [0, 0.1) is 0 Å². The Kier molecular flexibility index (Phi) is 4.45. The number of hydrogen-bond donors (Lipinski definition) is 1. The summed E-state index contributed by atoms with van der Waals surface area (Å²) in [6.45, 7) is 6.80. The zero-order chi connectivity index (χ0) is 13.9. The third kappa shape index (κ3) is 4.20. The van der Waals surface area contributed by atoms with Crippen LogP contribution in [0.3, 0.4) is 0 Å². The average Bonchev–Trinajstić information content (AvgIpc) is 2.69. The van der Waals surface area contributed by atoms with Crippen molar-refractivity contribution < 1.29 is 19.3 Å². The Morgan fingerprint density at radius 1 is 1.37 bits per heavy atom. The molecule has 1 heterocycles. The fraction of sp³-hybridized carbons (Fsp3) is 0.600. The molecule has 0 saturated carbocycles. The fourth-order valence-corrected chi connectivity index (χ4v) is 2.06. The molecule has 1 N–H and O–H groups in total. The number of benzene rings is 1. The summed E-state index contributed by atoms with van der Waals surface area (Å²) >= 11 is 0. The van der Waals surface area contributed by atoms with Crippen LogP contribution in [0.1, 0.15) is 38.9 Å². The van der Waals surface area contributed by atoms with Crippen LogP contribution in [-0.4, -0.2) is 30.2 Å². The van der Waals surface area contributed by atoms with E-state index in [1.54, 1.807) is 6.92 Å². The van der Waals surface area contributed by atoms with E-state index < -0.39 is 11.9 Å². The van der Waals surface area contributed by atoms with Gasteiger partial charge < -0.3 is 19.3 Å². The number of rotatable bonds is 5. The van der Waals surface area contributed by atoms with E-state index in [0.717, 1.165) is 17.7 Å². The lowest BCUT2D eigenvalue weighted by Gasteiger charge is -2.17. The molecule has 0 spiro atoms. The highest BCUT2D eigenvalue weighted by Gasteiger charge is 2.32. The highest BCUT2D eigenvalue weighted by molar-refractivity contribution is 5.28. The van der Waals surface area contributed by atoms with Crippen LogP contribution in [0.15, 0.2) is 24.3 Å². The summed E-state index contributed by atoms with van der Waals surface area (Å²) < 4.78 is 16.8. The molecule has 1 aliphatic heterocycles. The van der Waals surface area contributed by atoms with Gasteiger partial charge >= 0.3 is 0 Å². The molecule has 2 atom stereocenters. The largest absolute Gasteiger partial charge is 0.493 e. The molecular weight excluding hydrogens is 244 g/mol. The molecule has 2 rings (SSSR count). The molecule has 1 aliphatic rings. The maximum Gasteiger partial charge on any atom is 0.163 e. The lowest BCUT2D eigenvalue weighted by atomic mass is 10.1. The Morgan fingerprint density at radius 3 is 2.58 bits per heavy atom. The van der Waals surface area contributed by atoms with Crippen molar-refractivity contribution in [3.8, 4) is 5.75 Å². The SMILES string of the molecule is CC(O)c1ccc(OCC[C@H]2COC(C)(C)O2)cc1. The van der Waals surface area contributed by atoms with Gasteiger partial charge in [0.15, 0.2) is 5.79 Å². The van der Waals surface area contributed by atoms with Crippen molar-refractivity contribution in [1.29, 1.82) is 0 Å². The zero-order valence-electron chi connectivity index (χ0n) is 11.8. The summed E-state index contributed by atoms with van der Waals surface area (Å²) in [7, 11) is 0. The third-order valence-electron chi connectivity index (χ3n) is 3.14. The number of ether oxygens (including phenoxy) is 3. The normalized spacial score (nSPS) is 23.3. The molecule has 0 radical (unpaired) electrons. The molecular formula is C15H22O4. The molecule has 106 valence electrons. The molecule has 1 fully saturated rings. The Labute approximate surface area is 114 Å². The van der Waals surface area contributed by atoms with Crippen molar-refractivity contribution in [2.45, 2.75) is 45.2 Å². The van der Waals surface area contributed by atoms with Crippen LogP contribution in [0.4, 0.5) is 0 Å². The highest BCUT2D eigenvalue weighted by Crippen LogP contribution is 2.24. The standard InChI is InChI=1S/C15H22O4/c1-11(16)12-4-6-13(7-5-12)17-9-8-14-10-18-15(2,3)19-14/h4-7,11,14,16H,8-10H2,1-3H3/t11?,14-/m0/s1. The van der Waals surface area contributed by atoms with Gasteiger partial charge in [-0.1, -0.05) is 12.1 Å². The van der Waals surface area contributed by atoms with Gasteiger partial charge in [0.25, 0.3) is 0 Å². The summed E-state index contributed by atoms with van der Waals surface area (Å²) in [5.41, 5.74) is 0.890. The fourth-order valence-electron chi connectivity index (χ4n) is 2.06. The van der Waals surface area contributed by atoms with E-state index in [2.05, 4.69) is 0 Å². The Hall–Kier alpha value is -1.10. The van der Waals surface area contributed by atoms with E-state index in [1.807, 2.05) is 38.1 Å². The second-order valence-corrected chi connectivity index (χ2v) is 5.33. The van der Waals surface area contributed by atoms with E-state index >= 15 is 0 Å². The number of hydrogen-bond acceptors (Lipinski definition) is 4. The first kappa shape index (κ1) is 14.3. The molecule has 1 aromatic carbocycles. The van der Waals surface area contributed by atoms with Crippen LogP contribution in [0.5, 0.6) is 5.75 Å². The molecule has 4 nitrogen and oxygen atoms in total. The van der Waals surface area contributed by atoms with Gasteiger partial charge in [-0.2, -0.15) is 0 Å². The van der Waals surface area contributed by atoms with Crippen molar-refractivity contribution in [2.24, 2.45) is 0 Å². The predicted octanol–water partition coefficient (Wildman–Crippen LogP) is 2.66. The summed E-state index contributed by atoms with van der Waals surface area (Å²) in [6.07, 6.45) is 0.466. The van der Waals surface area contributed by atoms with Crippen LogP contribution in [0.25, 0.3) is 0 Å². The van der Waals surface area contributed by atoms with Gasteiger partial charge in [0.05, 0.1) is 25.4 Å². The molecule has 1 unspecified atom stereocenters. The van der Waals surface area contributed by atoms with Gasteiger partial charge in [0, 0.05) is 6.42 Å². The highest BCUT2D eigenvalue weighted by atomic mass is 16.7. The first-order valence-electron chi connectivity index (χ1n) is 6.69. The van der Waals surface area contributed by atoms with Gasteiger partial charge in [-0.25, -0.2) is 0 Å². The minimum atomic E-state index is -0.469. The van der Waals surface area contributed by atoms with Crippen molar-refractivity contribution >= 4 is 0 Å². The van der Waals surface area contributed by atoms with Gasteiger partial charge in [0.2, 0.25) is 0 Å². The predicted molar refractivity (Wildman–Crippen MR) is 72.1 cm³/mol. The average molecular weight is 266 g/mol. The van der Waals surface area contributed by atoms with E-state index in [0.29, 0.717) is 13.2 Å². The molecule has 0 aliphatic carbocycles. The molecule has 0 bridgehead atoms. The first-order valence-corrected chi connectivity index (χ1v) is 6.69. The van der Waals surface area contributed by atoms with Crippen LogP contribution in [-0.2, 0) is 9.47 Å². The summed E-state index contributed by atoms with van der Waals surface area (Å²) in [5, 5.41) is 9.41. The zero-order valence-corrected chi connectivity index (χ0v) is 11.8. The summed E-state index contributed by atoms with van der Waals surface area (Å²) in [5.74, 6) is 0.339. The monoisotopic (exact) mass is 266 g/mol. The van der Waals surface area contributed by atoms with E-state index in [-0.39, 0.29) is 6.10 Å². The van der Waals surface area contributed by atoms with Crippen LogP contribution < -0.4 is 4.74 Å². The minimum absolute atomic E-state index is 0.103. The van der Waals surface area contributed by atoms with Crippen molar-refractivity contribution in [3.63, 3.8) is 0 Å². The van der Waals surface area contributed by atoms with E-state index in [9.17, 15) is 5.11 Å². The molecule has 4 heteroatoms. The van der Waals surface area contributed by atoms with Gasteiger partial charge in [-0.05, 0) is 38.5 Å². The minimum Gasteiger partial charge on any atom is -0.493 e. The summed E-state index contributed by atoms with van der Waals surface area (Å²) in [6, 6.07) is 7.49. The van der Waals surface area contributed by atoms with Gasteiger partial charge in [0.1, 0.15) is 5.75 Å². The Morgan fingerprint density at radius 2 is 2.05 bits per heavy atom. The van der Waals surface area contributed by atoms with Gasteiger partial charge in [-0.15, -0.1) is 0 Å². The lowest BCUT2D eigenvalue weighted by Crippen LogP contribution is -2.22. The van der Waals surface area contributed by atoms with Crippen LogP contribution in [0.2, 0.25) is 0 Å². The number of aliphatic hydroxyl groups is 1. The van der Waals surface area contributed by atoms with E-state index in [1.165, 1.54) is 0 Å². The van der Waals surface area contributed by atoms with E-state index in [4.69, 9.17) is 14.2 Å². The summed E-state index contributed by atoms with van der Waals surface area (Å²) in [4.78, 5) is 0. The molecule has 0 aromatic heterocycles. The molecule has 1 aromatic rings. The van der Waals surface area contributed by atoms with Gasteiger partial charge in [-0.3, -0.25) is 0 Å². The Bertz CT molecular complexity index is 397.